The van der Waals surface area contributed by atoms with Gasteiger partial charge < -0.3 is 37.5 Å². The minimum Gasteiger partial charge on any atom is -0.480 e. The predicted octanol–water partition coefficient (Wildman–Crippen LogP) is 0.544. The molecule has 0 aliphatic heterocycles. The van der Waals surface area contributed by atoms with Gasteiger partial charge in [0.1, 0.15) is 18.1 Å². The van der Waals surface area contributed by atoms with Crippen LogP contribution in [0.2, 0.25) is 0 Å². The maximum Gasteiger partial charge on any atom is 0.326 e. The van der Waals surface area contributed by atoms with Gasteiger partial charge in [0, 0.05) is 23.5 Å². The number of nitrogens with one attached hydrogen (secondary N) is 4. The minimum atomic E-state index is -1.38. The number of carboxylic acid groups (broad SMARTS) is 1. The lowest BCUT2D eigenvalue weighted by Gasteiger charge is -2.26. The summed E-state index contributed by atoms with van der Waals surface area (Å²) in [6.45, 7) is 7.30. The molecule has 1 heterocycles. The Hall–Kier alpha value is -3.93. The number of aromatic nitrogens is 1. The highest BCUT2D eigenvalue weighted by molar-refractivity contribution is 5.96. The highest BCUT2D eigenvalue weighted by Gasteiger charge is 2.32. The molecule has 5 unspecified atom stereocenters. The topological polar surface area (TPSA) is 209 Å². The van der Waals surface area contributed by atoms with Crippen LogP contribution < -0.4 is 27.4 Å². The third kappa shape index (κ3) is 9.10. The van der Waals surface area contributed by atoms with Crippen LogP contribution in [0.4, 0.5) is 0 Å². The first-order valence-electron chi connectivity index (χ1n) is 13.1. The van der Waals surface area contributed by atoms with Crippen LogP contribution in [0.5, 0.6) is 0 Å². The Bertz CT molecular complexity index is 1180. The molecule has 0 bridgehead atoms. The van der Waals surface area contributed by atoms with E-state index in [0.717, 1.165) is 10.9 Å². The van der Waals surface area contributed by atoms with E-state index >= 15 is 0 Å². The third-order valence-electron chi connectivity index (χ3n) is 6.65. The van der Waals surface area contributed by atoms with Gasteiger partial charge >= 0.3 is 5.97 Å². The maximum atomic E-state index is 13.3. The van der Waals surface area contributed by atoms with Crippen LogP contribution in [0.1, 0.15) is 52.5 Å². The highest BCUT2D eigenvalue weighted by atomic mass is 16.4. The van der Waals surface area contributed by atoms with Crippen molar-refractivity contribution in [3.8, 4) is 0 Å². The molecule has 0 spiro atoms. The zero-order valence-corrected chi connectivity index (χ0v) is 22.8. The normalized spacial score (nSPS) is 15.1. The number of aliphatic carboxylic acids is 1. The van der Waals surface area contributed by atoms with Crippen LogP contribution in [0.15, 0.2) is 30.5 Å². The quantitative estimate of drug-likeness (QED) is 0.169. The number of benzene rings is 1. The number of carbonyl (C=O) groups is 5. The fraction of sp³-hybridized carbons (Fsp3) is 0.519. The van der Waals surface area contributed by atoms with Crippen LogP contribution >= 0.6 is 0 Å². The molecule has 214 valence electrons. The summed E-state index contributed by atoms with van der Waals surface area (Å²) in [4.78, 5) is 65.9. The fourth-order valence-electron chi connectivity index (χ4n) is 4.16. The van der Waals surface area contributed by atoms with E-state index in [2.05, 4.69) is 20.9 Å². The molecule has 39 heavy (non-hydrogen) atoms. The predicted molar refractivity (Wildman–Crippen MR) is 146 cm³/mol. The molecule has 0 saturated heterocycles. The molecule has 0 aliphatic rings. The number of hydrogen-bond donors (Lipinski definition) is 7. The van der Waals surface area contributed by atoms with Crippen molar-refractivity contribution in [2.45, 2.75) is 77.5 Å². The van der Waals surface area contributed by atoms with E-state index in [1.807, 2.05) is 45.0 Å². The molecule has 0 aliphatic carbocycles. The summed E-state index contributed by atoms with van der Waals surface area (Å²) in [7, 11) is 0. The monoisotopic (exact) mass is 544 g/mol. The van der Waals surface area contributed by atoms with Crippen molar-refractivity contribution in [2.24, 2.45) is 23.3 Å². The number of para-hydroxylation sites is 1. The van der Waals surface area contributed by atoms with Gasteiger partial charge in [-0.3, -0.25) is 19.2 Å². The molecule has 1 aromatic heterocycles. The van der Waals surface area contributed by atoms with Crippen molar-refractivity contribution in [1.29, 1.82) is 0 Å². The van der Waals surface area contributed by atoms with E-state index in [9.17, 15) is 29.1 Å². The first-order chi connectivity index (χ1) is 18.3. The van der Waals surface area contributed by atoms with Crippen LogP contribution in [0.25, 0.3) is 10.9 Å². The SMILES string of the molecule is CCC(C)C(N)C(=O)NC(CC(N)=O)C(=O)NC(Cc1c[nH]c2ccccc12)C(=O)NC(CC(C)C)C(=O)O. The van der Waals surface area contributed by atoms with E-state index in [1.54, 1.807) is 13.1 Å². The summed E-state index contributed by atoms with van der Waals surface area (Å²) >= 11 is 0. The molecule has 12 nitrogen and oxygen atoms in total. The number of fused-ring (bicyclic) bond motifs is 1. The summed E-state index contributed by atoms with van der Waals surface area (Å²) < 4.78 is 0. The van der Waals surface area contributed by atoms with E-state index in [1.165, 1.54) is 0 Å². The second-order valence-corrected chi connectivity index (χ2v) is 10.3. The van der Waals surface area contributed by atoms with Gasteiger partial charge in [0.25, 0.3) is 0 Å². The number of carbonyl (C=O) groups excluding carboxylic acids is 4. The van der Waals surface area contributed by atoms with Crippen molar-refractivity contribution in [3.63, 3.8) is 0 Å². The zero-order valence-electron chi connectivity index (χ0n) is 22.8. The lowest BCUT2D eigenvalue weighted by molar-refractivity contribution is -0.143. The van der Waals surface area contributed by atoms with Crippen molar-refractivity contribution >= 4 is 40.5 Å². The Kier molecular flexibility index (Phi) is 11.5. The lowest BCUT2D eigenvalue weighted by atomic mass is 9.98. The number of H-pyrrole nitrogens is 1. The minimum absolute atomic E-state index is 0.0131. The Morgan fingerprint density at radius 3 is 2.10 bits per heavy atom. The summed E-state index contributed by atoms with van der Waals surface area (Å²) in [6.07, 6.45) is 2.00. The zero-order chi connectivity index (χ0) is 29.3. The van der Waals surface area contributed by atoms with Crippen LogP contribution in [0, 0.1) is 11.8 Å². The first kappa shape index (κ1) is 31.3. The Morgan fingerprint density at radius 2 is 1.51 bits per heavy atom. The molecule has 0 saturated carbocycles. The number of aromatic amines is 1. The van der Waals surface area contributed by atoms with Crippen molar-refractivity contribution < 1.29 is 29.1 Å². The molecule has 12 heteroatoms. The Balaban J connectivity index is 2.34. The van der Waals surface area contributed by atoms with Gasteiger partial charge in [-0.15, -0.1) is 0 Å². The molecule has 4 amide bonds. The number of hydrogen-bond acceptors (Lipinski definition) is 6. The second-order valence-electron chi connectivity index (χ2n) is 10.3. The van der Waals surface area contributed by atoms with Crippen LogP contribution in [0.3, 0.4) is 0 Å². The van der Waals surface area contributed by atoms with Gasteiger partial charge in [-0.05, 0) is 29.9 Å². The average molecular weight is 545 g/mol. The Labute approximate surface area is 227 Å². The van der Waals surface area contributed by atoms with Gasteiger partial charge in [-0.2, -0.15) is 0 Å². The molecule has 2 aromatic rings. The Morgan fingerprint density at radius 1 is 0.923 bits per heavy atom. The third-order valence-corrected chi connectivity index (χ3v) is 6.65. The maximum absolute atomic E-state index is 13.3. The standard InChI is InChI=1S/C27H40N6O6/c1-5-15(4)23(29)26(37)32-20(12-22(28)34)25(36)31-19(24(35)33-21(27(38)39)10-14(2)3)11-16-13-30-18-9-7-6-8-17(16)18/h6-9,13-15,19-21,23,30H,5,10-12,29H2,1-4H3,(H2,28,34)(H,31,36)(H,32,37)(H,33,35)(H,38,39). The number of carboxylic acids is 1. The lowest BCUT2D eigenvalue weighted by Crippen LogP contribution is -2.58. The van der Waals surface area contributed by atoms with Crippen molar-refractivity contribution in [3.05, 3.63) is 36.0 Å². The van der Waals surface area contributed by atoms with Gasteiger partial charge in [-0.1, -0.05) is 52.3 Å². The largest absolute Gasteiger partial charge is 0.480 e. The summed E-state index contributed by atoms with van der Waals surface area (Å²) in [6, 6.07) is 2.69. The molecule has 0 radical (unpaired) electrons. The van der Waals surface area contributed by atoms with Crippen molar-refractivity contribution in [2.75, 3.05) is 0 Å². The van der Waals surface area contributed by atoms with Gasteiger partial charge in [0.05, 0.1) is 12.5 Å². The van der Waals surface area contributed by atoms with Gasteiger partial charge in [0.15, 0.2) is 0 Å². The molecular formula is C27H40N6O6. The fourth-order valence-corrected chi connectivity index (χ4v) is 4.16. The number of amides is 4. The van der Waals surface area contributed by atoms with E-state index < -0.39 is 60.2 Å². The summed E-state index contributed by atoms with van der Waals surface area (Å²) in [5, 5.41) is 18.0. The van der Waals surface area contributed by atoms with Gasteiger partial charge in [-0.25, -0.2) is 4.79 Å². The second kappa shape index (κ2) is 14.3. The number of primary amides is 1. The number of rotatable bonds is 15. The molecule has 2 rings (SSSR count). The molecule has 9 N–H and O–H groups in total. The smallest absolute Gasteiger partial charge is 0.326 e. The first-order valence-corrected chi connectivity index (χ1v) is 13.1. The number of nitrogens with two attached hydrogens (primary N) is 2. The van der Waals surface area contributed by atoms with E-state index in [0.29, 0.717) is 12.0 Å². The molecule has 5 atom stereocenters. The highest BCUT2D eigenvalue weighted by Crippen LogP contribution is 2.19. The van der Waals surface area contributed by atoms with Crippen molar-refractivity contribution in [1.82, 2.24) is 20.9 Å². The van der Waals surface area contributed by atoms with Crippen LogP contribution in [-0.2, 0) is 30.4 Å². The van der Waals surface area contributed by atoms with E-state index in [4.69, 9.17) is 11.5 Å². The average Bonchev–Trinajstić information content (AvgIpc) is 3.28. The molecule has 0 fully saturated rings. The summed E-state index contributed by atoms with van der Waals surface area (Å²) in [5.74, 6) is -4.42. The van der Waals surface area contributed by atoms with Crippen LogP contribution in [-0.4, -0.2) is 63.9 Å². The molecular weight excluding hydrogens is 504 g/mol. The molecule has 1 aromatic carbocycles. The van der Waals surface area contributed by atoms with Gasteiger partial charge in [0.2, 0.25) is 23.6 Å². The summed E-state index contributed by atoms with van der Waals surface area (Å²) in [5.41, 5.74) is 12.8. The van der Waals surface area contributed by atoms with E-state index in [-0.39, 0.29) is 24.7 Å².